The van der Waals surface area contributed by atoms with E-state index in [9.17, 15) is 9.59 Å². The second-order valence-corrected chi connectivity index (χ2v) is 9.34. The average molecular weight is 397 g/mol. The molecule has 0 radical (unpaired) electrons. The SMILES string of the molecule is CNC(=O)[C@]1(Cc2ccc(-c3cccs3)cc2)CCCN(C(=O)[C@@H]2C[C@H]2C)C1. The number of thiophene rings is 1. The van der Waals surface area contributed by atoms with E-state index in [4.69, 9.17) is 0 Å². The number of carbonyl (C=O) groups is 2. The molecule has 1 aromatic heterocycles. The molecule has 0 unspecified atom stereocenters. The molecule has 2 fully saturated rings. The van der Waals surface area contributed by atoms with Gasteiger partial charge in [0.25, 0.3) is 0 Å². The summed E-state index contributed by atoms with van der Waals surface area (Å²) in [5.41, 5.74) is 1.82. The lowest BCUT2D eigenvalue weighted by Crippen LogP contribution is -2.54. The van der Waals surface area contributed by atoms with Gasteiger partial charge in [-0.3, -0.25) is 9.59 Å². The lowest BCUT2D eigenvalue weighted by atomic mass is 9.74. The third kappa shape index (κ3) is 3.72. The van der Waals surface area contributed by atoms with E-state index in [0.717, 1.165) is 31.4 Å². The Hall–Kier alpha value is -2.14. The molecular weight excluding hydrogens is 368 g/mol. The molecule has 5 heteroatoms. The standard InChI is InChI=1S/C23H28N2O2S/c1-16-13-19(16)21(26)25-11-4-10-23(15-25,22(27)24-2)14-17-6-8-18(9-7-17)20-5-3-12-28-20/h3,5-9,12,16,19H,4,10-11,13-15H2,1-2H3,(H,24,27)/t16-,19-,23+/m1/s1. The van der Waals surface area contributed by atoms with Crippen LogP contribution in [0.15, 0.2) is 41.8 Å². The van der Waals surface area contributed by atoms with Crippen LogP contribution in [0.1, 0.15) is 31.7 Å². The zero-order valence-electron chi connectivity index (χ0n) is 16.6. The number of piperidine rings is 1. The Morgan fingerprint density at radius 1 is 1.25 bits per heavy atom. The molecule has 4 rings (SSSR count). The summed E-state index contributed by atoms with van der Waals surface area (Å²) in [4.78, 5) is 28.9. The molecule has 1 N–H and O–H groups in total. The maximum Gasteiger partial charge on any atom is 0.228 e. The van der Waals surface area contributed by atoms with Gasteiger partial charge in [-0.1, -0.05) is 37.3 Å². The lowest BCUT2D eigenvalue weighted by molar-refractivity contribution is -0.142. The monoisotopic (exact) mass is 396 g/mol. The molecule has 2 aliphatic rings. The van der Waals surface area contributed by atoms with E-state index in [2.05, 4.69) is 54.0 Å². The van der Waals surface area contributed by atoms with Crippen molar-refractivity contribution in [2.24, 2.45) is 17.3 Å². The molecule has 1 saturated carbocycles. The Morgan fingerprint density at radius 3 is 2.61 bits per heavy atom. The zero-order valence-corrected chi connectivity index (χ0v) is 17.4. The van der Waals surface area contributed by atoms with E-state index in [0.29, 0.717) is 18.9 Å². The van der Waals surface area contributed by atoms with Crippen LogP contribution in [0.4, 0.5) is 0 Å². The Balaban J connectivity index is 1.54. The first-order valence-corrected chi connectivity index (χ1v) is 11.0. The quantitative estimate of drug-likeness (QED) is 0.831. The number of likely N-dealkylation sites (tertiary alicyclic amines) is 1. The zero-order chi connectivity index (χ0) is 19.7. The summed E-state index contributed by atoms with van der Waals surface area (Å²) in [6.45, 7) is 3.44. The number of benzene rings is 1. The van der Waals surface area contributed by atoms with Crippen molar-refractivity contribution >= 4 is 23.2 Å². The number of hydrogen-bond donors (Lipinski definition) is 1. The van der Waals surface area contributed by atoms with Gasteiger partial charge in [0.05, 0.1) is 5.41 Å². The predicted octanol–water partition coefficient (Wildman–Crippen LogP) is 3.97. The fourth-order valence-electron chi connectivity index (χ4n) is 4.52. The molecule has 2 amide bonds. The first kappa shape index (κ1) is 19.2. The number of carbonyl (C=O) groups excluding carboxylic acids is 2. The highest BCUT2D eigenvalue weighted by Crippen LogP contribution is 2.42. The molecule has 1 aromatic carbocycles. The number of nitrogens with one attached hydrogen (secondary N) is 1. The van der Waals surface area contributed by atoms with Crippen LogP contribution >= 0.6 is 11.3 Å². The van der Waals surface area contributed by atoms with Crippen molar-refractivity contribution in [1.82, 2.24) is 10.2 Å². The van der Waals surface area contributed by atoms with E-state index in [-0.39, 0.29) is 17.7 Å². The summed E-state index contributed by atoms with van der Waals surface area (Å²) in [6, 6.07) is 12.7. The smallest absolute Gasteiger partial charge is 0.228 e. The molecule has 1 aliphatic carbocycles. The van der Waals surface area contributed by atoms with Gasteiger partial charge in [0.2, 0.25) is 11.8 Å². The molecule has 2 aromatic rings. The van der Waals surface area contributed by atoms with Gasteiger partial charge in [0, 0.05) is 30.9 Å². The Bertz CT molecular complexity index is 846. The largest absolute Gasteiger partial charge is 0.359 e. The van der Waals surface area contributed by atoms with Crippen molar-refractivity contribution in [1.29, 1.82) is 0 Å². The van der Waals surface area contributed by atoms with E-state index >= 15 is 0 Å². The molecule has 1 aliphatic heterocycles. The highest BCUT2D eigenvalue weighted by Gasteiger charge is 2.47. The van der Waals surface area contributed by atoms with Crippen LogP contribution in [0.2, 0.25) is 0 Å². The van der Waals surface area contributed by atoms with Gasteiger partial charge in [-0.25, -0.2) is 0 Å². The van der Waals surface area contributed by atoms with Crippen molar-refractivity contribution in [3.05, 3.63) is 47.3 Å². The summed E-state index contributed by atoms with van der Waals surface area (Å²) in [5, 5.41) is 4.95. The first-order valence-electron chi connectivity index (χ1n) is 10.2. The second kappa shape index (κ2) is 7.70. The van der Waals surface area contributed by atoms with Gasteiger partial charge in [0.1, 0.15) is 0 Å². The fourth-order valence-corrected chi connectivity index (χ4v) is 5.25. The summed E-state index contributed by atoms with van der Waals surface area (Å²) in [6.07, 6.45) is 3.37. The summed E-state index contributed by atoms with van der Waals surface area (Å²) in [5.74, 6) is 0.962. The third-order valence-corrected chi connectivity index (χ3v) is 7.25. The molecule has 4 nitrogen and oxygen atoms in total. The first-order chi connectivity index (χ1) is 13.5. The molecule has 1 saturated heterocycles. The highest BCUT2D eigenvalue weighted by molar-refractivity contribution is 7.13. The summed E-state index contributed by atoms with van der Waals surface area (Å²) >= 11 is 1.73. The van der Waals surface area contributed by atoms with Gasteiger partial charge < -0.3 is 10.2 Å². The Labute approximate surface area is 170 Å². The van der Waals surface area contributed by atoms with E-state index < -0.39 is 5.41 Å². The number of rotatable bonds is 5. The van der Waals surface area contributed by atoms with Crippen molar-refractivity contribution < 1.29 is 9.59 Å². The summed E-state index contributed by atoms with van der Waals surface area (Å²) in [7, 11) is 1.70. The van der Waals surface area contributed by atoms with Crippen molar-refractivity contribution in [2.75, 3.05) is 20.1 Å². The topological polar surface area (TPSA) is 49.4 Å². The van der Waals surface area contributed by atoms with Gasteiger partial charge >= 0.3 is 0 Å². The van der Waals surface area contributed by atoms with Gasteiger partial charge in [-0.15, -0.1) is 11.3 Å². The van der Waals surface area contributed by atoms with Gasteiger partial charge in [-0.2, -0.15) is 0 Å². The Kier molecular flexibility index (Phi) is 5.28. The minimum atomic E-state index is -0.536. The number of nitrogens with zero attached hydrogens (tertiary/aromatic N) is 1. The predicted molar refractivity (Wildman–Crippen MR) is 113 cm³/mol. The normalized spacial score (nSPS) is 26.7. The summed E-state index contributed by atoms with van der Waals surface area (Å²) < 4.78 is 0. The van der Waals surface area contributed by atoms with Crippen LogP contribution in [-0.2, 0) is 16.0 Å². The Morgan fingerprint density at radius 2 is 2.00 bits per heavy atom. The molecule has 3 atom stereocenters. The van der Waals surface area contributed by atoms with Crippen molar-refractivity contribution in [3.63, 3.8) is 0 Å². The second-order valence-electron chi connectivity index (χ2n) is 8.39. The maximum atomic E-state index is 12.9. The molecule has 0 spiro atoms. The molecule has 28 heavy (non-hydrogen) atoms. The van der Waals surface area contributed by atoms with Crippen LogP contribution in [0.3, 0.4) is 0 Å². The van der Waals surface area contributed by atoms with Crippen LogP contribution in [0, 0.1) is 17.3 Å². The molecule has 0 bridgehead atoms. The number of amides is 2. The molecule has 148 valence electrons. The average Bonchev–Trinajstić information content (AvgIpc) is 3.20. The van der Waals surface area contributed by atoms with E-state index in [1.807, 2.05) is 4.90 Å². The van der Waals surface area contributed by atoms with Crippen LogP contribution in [0.5, 0.6) is 0 Å². The van der Waals surface area contributed by atoms with Crippen LogP contribution < -0.4 is 5.32 Å². The van der Waals surface area contributed by atoms with Crippen LogP contribution in [0.25, 0.3) is 10.4 Å². The van der Waals surface area contributed by atoms with Crippen molar-refractivity contribution in [3.8, 4) is 10.4 Å². The molecular formula is C23H28N2O2S. The fraction of sp³-hybridized carbons (Fsp3) is 0.478. The molecule has 2 heterocycles. The minimum Gasteiger partial charge on any atom is -0.359 e. The van der Waals surface area contributed by atoms with Gasteiger partial charge in [0.15, 0.2) is 0 Å². The van der Waals surface area contributed by atoms with Gasteiger partial charge in [-0.05, 0) is 54.2 Å². The van der Waals surface area contributed by atoms with E-state index in [1.54, 1.807) is 18.4 Å². The van der Waals surface area contributed by atoms with Crippen molar-refractivity contribution in [2.45, 2.75) is 32.6 Å². The third-order valence-electron chi connectivity index (χ3n) is 6.33. The minimum absolute atomic E-state index is 0.0520. The lowest BCUT2D eigenvalue weighted by Gasteiger charge is -2.42. The highest BCUT2D eigenvalue weighted by atomic mass is 32.1. The maximum absolute atomic E-state index is 12.9. The van der Waals surface area contributed by atoms with E-state index in [1.165, 1.54) is 10.4 Å². The van der Waals surface area contributed by atoms with Crippen LogP contribution in [-0.4, -0.2) is 36.9 Å². The number of hydrogen-bond acceptors (Lipinski definition) is 3.